The number of fused-ring (bicyclic) bond motifs is 2. The zero-order valence-corrected chi connectivity index (χ0v) is 16.6. The number of hydrogen-bond donors (Lipinski definition) is 4. The normalized spacial score (nSPS) is 13.0. The maximum absolute atomic E-state index is 11.7. The zero-order valence-electron chi connectivity index (χ0n) is 16.6. The molecule has 0 unspecified atom stereocenters. The molecule has 0 atom stereocenters. The summed E-state index contributed by atoms with van der Waals surface area (Å²) in [5.41, 5.74) is 5.47. The van der Waals surface area contributed by atoms with Crippen molar-refractivity contribution in [3.8, 4) is 11.4 Å². The number of hydrogen-bond acceptors (Lipinski definition) is 6. The summed E-state index contributed by atoms with van der Waals surface area (Å²) < 4.78 is 0. The van der Waals surface area contributed by atoms with Crippen LogP contribution >= 0.6 is 0 Å². The molecule has 9 nitrogen and oxygen atoms in total. The number of H-pyrrole nitrogens is 1. The minimum absolute atomic E-state index is 0.00473. The molecule has 1 aliphatic heterocycles. The van der Waals surface area contributed by atoms with Gasteiger partial charge in [-0.2, -0.15) is 5.10 Å². The molecule has 0 saturated carbocycles. The van der Waals surface area contributed by atoms with Crippen LogP contribution in [0.5, 0.6) is 0 Å². The summed E-state index contributed by atoms with van der Waals surface area (Å²) in [7, 11) is 0. The summed E-state index contributed by atoms with van der Waals surface area (Å²) in [5.74, 6) is 0.00414. The molecular formula is C22H18N6O3. The molecule has 1 amide bonds. The fourth-order valence-corrected chi connectivity index (χ4v) is 3.69. The number of benzene rings is 2. The Morgan fingerprint density at radius 2 is 2.00 bits per heavy atom. The maximum Gasteiger partial charge on any atom is 0.335 e. The van der Waals surface area contributed by atoms with Gasteiger partial charge in [0.15, 0.2) is 11.6 Å². The molecular weight excluding hydrogens is 396 g/mol. The van der Waals surface area contributed by atoms with E-state index in [1.165, 1.54) is 0 Å². The number of carboxylic acid groups (broad SMARTS) is 1. The van der Waals surface area contributed by atoms with Gasteiger partial charge in [-0.1, -0.05) is 12.1 Å². The Bertz CT molecular complexity index is 1360. The average molecular weight is 414 g/mol. The number of aromatic nitrogens is 4. The Morgan fingerprint density at radius 1 is 1.13 bits per heavy atom. The fourth-order valence-electron chi connectivity index (χ4n) is 3.69. The highest BCUT2D eigenvalue weighted by Crippen LogP contribution is 2.30. The Balaban J connectivity index is 1.55. The first kappa shape index (κ1) is 18.7. The van der Waals surface area contributed by atoms with E-state index >= 15 is 0 Å². The van der Waals surface area contributed by atoms with E-state index in [-0.39, 0.29) is 11.5 Å². The number of rotatable bonds is 4. The van der Waals surface area contributed by atoms with Gasteiger partial charge in [0.25, 0.3) is 0 Å². The predicted molar refractivity (Wildman–Crippen MR) is 115 cm³/mol. The molecule has 0 spiro atoms. The molecule has 0 fully saturated rings. The van der Waals surface area contributed by atoms with Crippen molar-refractivity contribution in [2.45, 2.75) is 19.8 Å². The van der Waals surface area contributed by atoms with E-state index in [4.69, 9.17) is 0 Å². The van der Waals surface area contributed by atoms with E-state index in [2.05, 4.69) is 30.8 Å². The Labute approximate surface area is 176 Å². The van der Waals surface area contributed by atoms with E-state index in [0.717, 1.165) is 23.4 Å². The van der Waals surface area contributed by atoms with Gasteiger partial charge in [-0.25, -0.2) is 14.8 Å². The minimum Gasteiger partial charge on any atom is -0.478 e. The molecule has 4 aromatic rings. The highest BCUT2D eigenvalue weighted by atomic mass is 16.4. The van der Waals surface area contributed by atoms with Crippen molar-refractivity contribution in [1.82, 2.24) is 20.2 Å². The number of anilines is 3. The third-order valence-electron chi connectivity index (χ3n) is 5.28. The summed E-state index contributed by atoms with van der Waals surface area (Å²) in [5, 5.41) is 22.4. The smallest absolute Gasteiger partial charge is 0.335 e. The second-order valence-corrected chi connectivity index (χ2v) is 7.41. The monoisotopic (exact) mass is 414 g/mol. The average Bonchev–Trinajstić information content (AvgIpc) is 3.22. The number of aromatic carboxylic acids is 1. The zero-order chi connectivity index (χ0) is 21.5. The number of nitrogens with one attached hydrogen (secondary N) is 3. The lowest BCUT2D eigenvalue weighted by Gasteiger charge is -2.18. The number of carbonyl (C=O) groups is 2. The quantitative estimate of drug-likeness (QED) is 0.400. The first-order valence-corrected chi connectivity index (χ1v) is 9.73. The fraction of sp³-hybridized carbons (Fsp3) is 0.136. The van der Waals surface area contributed by atoms with E-state index in [1.54, 1.807) is 31.3 Å². The summed E-state index contributed by atoms with van der Waals surface area (Å²) in [6.45, 7) is 1.74. The number of carbonyl (C=O) groups excluding carboxylic acids is 1. The van der Waals surface area contributed by atoms with Crippen LogP contribution in [0.2, 0.25) is 0 Å². The summed E-state index contributed by atoms with van der Waals surface area (Å²) in [4.78, 5) is 32.2. The molecule has 9 heteroatoms. The third-order valence-corrected chi connectivity index (χ3v) is 5.28. The number of aromatic amines is 1. The molecule has 0 radical (unpaired) electrons. The second kappa shape index (κ2) is 7.21. The van der Waals surface area contributed by atoms with Crippen LogP contribution in [0, 0.1) is 6.92 Å². The molecule has 2 aromatic heterocycles. The number of amides is 1. The summed E-state index contributed by atoms with van der Waals surface area (Å²) in [6.07, 6.45) is 2.82. The lowest BCUT2D eigenvalue weighted by molar-refractivity contribution is -0.116. The first-order chi connectivity index (χ1) is 15.0. The third kappa shape index (κ3) is 3.46. The van der Waals surface area contributed by atoms with Crippen LogP contribution in [0.4, 0.5) is 17.2 Å². The van der Waals surface area contributed by atoms with Crippen LogP contribution in [0.25, 0.3) is 22.4 Å². The van der Waals surface area contributed by atoms with Crippen molar-refractivity contribution in [1.29, 1.82) is 0 Å². The number of nitrogens with zero attached hydrogens (tertiary/aromatic N) is 3. The Morgan fingerprint density at radius 3 is 2.81 bits per heavy atom. The van der Waals surface area contributed by atoms with Gasteiger partial charge in [0.2, 0.25) is 5.91 Å². The largest absolute Gasteiger partial charge is 0.478 e. The molecule has 4 N–H and O–H groups in total. The number of carboxylic acids is 1. The van der Waals surface area contributed by atoms with Gasteiger partial charge < -0.3 is 15.7 Å². The maximum atomic E-state index is 11.7. The first-order valence-electron chi connectivity index (χ1n) is 9.73. The van der Waals surface area contributed by atoms with E-state index in [9.17, 15) is 14.7 Å². The molecule has 0 aliphatic carbocycles. The van der Waals surface area contributed by atoms with Crippen LogP contribution < -0.4 is 10.6 Å². The van der Waals surface area contributed by atoms with Crippen molar-refractivity contribution in [2.24, 2.45) is 0 Å². The van der Waals surface area contributed by atoms with Crippen molar-refractivity contribution in [2.75, 3.05) is 10.6 Å². The molecule has 5 rings (SSSR count). The van der Waals surface area contributed by atoms with Gasteiger partial charge in [-0.15, -0.1) is 0 Å². The molecule has 3 heterocycles. The molecule has 154 valence electrons. The molecule has 2 aromatic carbocycles. The van der Waals surface area contributed by atoms with Crippen LogP contribution in [0.1, 0.15) is 27.9 Å². The number of aryl methyl sites for hydroxylation is 2. The van der Waals surface area contributed by atoms with Gasteiger partial charge in [0, 0.05) is 23.4 Å². The standard InChI is InChI=1S/C22H18N6O3/c1-11-8-13(3-6-15(11)22(30)31)20-26-17-10-23-28-19(17)21(27-20)24-14-5-2-12-4-7-18(29)25-16(12)9-14/h2-3,5-6,8-10H,4,7H2,1H3,(H,23,28)(H,25,29)(H,30,31)(H,24,26,27). The second-order valence-electron chi connectivity index (χ2n) is 7.41. The minimum atomic E-state index is -0.975. The highest BCUT2D eigenvalue weighted by Gasteiger charge is 2.17. The van der Waals surface area contributed by atoms with Crippen LogP contribution in [-0.4, -0.2) is 37.1 Å². The lowest BCUT2D eigenvalue weighted by Crippen LogP contribution is -2.18. The molecule has 1 aliphatic rings. The van der Waals surface area contributed by atoms with Gasteiger partial charge in [0.1, 0.15) is 11.0 Å². The van der Waals surface area contributed by atoms with Gasteiger partial charge >= 0.3 is 5.97 Å². The van der Waals surface area contributed by atoms with Gasteiger partial charge in [-0.3, -0.25) is 9.89 Å². The van der Waals surface area contributed by atoms with Crippen molar-refractivity contribution < 1.29 is 14.7 Å². The molecule has 31 heavy (non-hydrogen) atoms. The van der Waals surface area contributed by atoms with Crippen LogP contribution in [0.3, 0.4) is 0 Å². The summed E-state index contributed by atoms with van der Waals surface area (Å²) >= 11 is 0. The van der Waals surface area contributed by atoms with E-state index in [0.29, 0.717) is 40.2 Å². The summed E-state index contributed by atoms with van der Waals surface area (Å²) in [6, 6.07) is 10.8. The van der Waals surface area contributed by atoms with Crippen molar-refractivity contribution in [3.63, 3.8) is 0 Å². The highest BCUT2D eigenvalue weighted by molar-refractivity contribution is 5.95. The van der Waals surface area contributed by atoms with Crippen molar-refractivity contribution >= 4 is 40.1 Å². The predicted octanol–water partition coefficient (Wildman–Crippen LogP) is 3.65. The topological polar surface area (TPSA) is 133 Å². The SMILES string of the molecule is Cc1cc(-c2nc(Nc3ccc4c(c3)NC(=O)CC4)c3[nH]ncc3n2)ccc1C(=O)O. The van der Waals surface area contributed by atoms with Crippen LogP contribution in [-0.2, 0) is 11.2 Å². The Kier molecular flexibility index (Phi) is 4.36. The van der Waals surface area contributed by atoms with Crippen LogP contribution in [0.15, 0.2) is 42.6 Å². The van der Waals surface area contributed by atoms with Gasteiger partial charge in [0.05, 0.1) is 11.8 Å². The van der Waals surface area contributed by atoms with E-state index in [1.807, 2.05) is 18.2 Å². The molecule has 0 bridgehead atoms. The Hall–Kier alpha value is -4.27. The van der Waals surface area contributed by atoms with Crippen molar-refractivity contribution in [3.05, 3.63) is 59.3 Å². The van der Waals surface area contributed by atoms with E-state index < -0.39 is 5.97 Å². The lowest BCUT2D eigenvalue weighted by atomic mass is 10.0. The molecule has 0 saturated heterocycles. The van der Waals surface area contributed by atoms with Gasteiger partial charge in [-0.05, 0) is 48.7 Å².